The normalized spacial score (nSPS) is 10.3. The number of aryl methyl sites for hydroxylation is 1. The molecule has 0 radical (unpaired) electrons. The highest BCUT2D eigenvalue weighted by atomic mass is 79.9. The molecule has 0 spiro atoms. The Labute approximate surface area is 123 Å². The molecule has 0 bridgehead atoms. The molecule has 0 saturated carbocycles. The molecule has 4 nitrogen and oxygen atoms in total. The second kappa shape index (κ2) is 6.00. The number of nitro groups is 1. The summed E-state index contributed by atoms with van der Waals surface area (Å²) in [6, 6.07) is 9.54. The fourth-order valence-electron chi connectivity index (χ4n) is 1.81. The van der Waals surface area contributed by atoms with Crippen molar-refractivity contribution in [2.45, 2.75) is 13.5 Å². The van der Waals surface area contributed by atoms with Crippen LogP contribution in [0.2, 0.25) is 0 Å². The number of anilines is 1. The Hall–Kier alpha value is -1.95. The van der Waals surface area contributed by atoms with Crippen molar-refractivity contribution in [1.82, 2.24) is 0 Å². The van der Waals surface area contributed by atoms with E-state index in [9.17, 15) is 14.5 Å². The highest BCUT2D eigenvalue weighted by molar-refractivity contribution is 9.10. The van der Waals surface area contributed by atoms with E-state index in [0.29, 0.717) is 22.1 Å². The lowest BCUT2D eigenvalue weighted by molar-refractivity contribution is -0.385. The van der Waals surface area contributed by atoms with Crippen molar-refractivity contribution >= 4 is 27.3 Å². The minimum absolute atomic E-state index is 0.0470. The van der Waals surface area contributed by atoms with Crippen LogP contribution in [0.3, 0.4) is 0 Å². The van der Waals surface area contributed by atoms with Crippen LogP contribution >= 0.6 is 15.9 Å². The molecule has 0 fully saturated rings. The van der Waals surface area contributed by atoms with Crippen molar-refractivity contribution in [3.63, 3.8) is 0 Å². The van der Waals surface area contributed by atoms with Crippen molar-refractivity contribution in [2.75, 3.05) is 5.32 Å². The minimum atomic E-state index is -0.419. The number of hydrogen-bond acceptors (Lipinski definition) is 3. The van der Waals surface area contributed by atoms with Crippen LogP contribution in [0.4, 0.5) is 15.8 Å². The summed E-state index contributed by atoms with van der Waals surface area (Å²) in [5, 5.41) is 14.0. The van der Waals surface area contributed by atoms with Gasteiger partial charge >= 0.3 is 0 Å². The van der Waals surface area contributed by atoms with Crippen LogP contribution in [0.15, 0.2) is 40.9 Å². The third-order valence-corrected chi connectivity index (χ3v) is 3.38. The minimum Gasteiger partial charge on any atom is -0.381 e. The topological polar surface area (TPSA) is 55.2 Å². The van der Waals surface area contributed by atoms with Gasteiger partial charge in [-0.15, -0.1) is 0 Å². The van der Waals surface area contributed by atoms with E-state index in [4.69, 9.17) is 0 Å². The Bertz CT molecular complexity index is 662. The second-order valence-corrected chi connectivity index (χ2v) is 5.26. The summed E-state index contributed by atoms with van der Waals surface area (Å²) in [7, 11) is 0. The summed E-state index contributed by atoms with van der Waals surface area (Å²) in [6.07, 6.45) is 0. The quantitative estimate of drug-likeness (QED) is 0.663. The first-order valence-electron chi connectivity index (χ1n) is 5.90. The Balaban J connectivity index is 2.18. The number of nitro benzene ring substituents is 1. The number of rotatable bonds is 4. The molecule has 0 aliphatic carbocycles. The number of nitrogens with zero attached hydrogens (tertiary/aromatic N) is 1. The summed E-state index contributed by atoms with van der Waals surface area (Å²) >= 11 is 3.21. The highest BCUT2D eigenvalue weighted by Crippen LogP contribution is 2.24. The monoisotopic (exact) mass is 338 g/mol. The van der Waals surface area contributed by atoms with Gasteiger partial charge in [-0.3, -0.25) is 10.1 Å². The second-order valence-electron chi connectivity index (χ2n) is 4.35. The van der Waals surface area contributed by atoms with E-state index in [1.165, 1.54) is 12.1 Å². The molecule has 1 N–H and O–H groups in total. The van der Waals surface area contributed by atoms with E-state index in [-0.39, 0.29) is 11.5 Å². The van der Waals surface area contributed by atoms with Crippen LogP contribution in [-0.2, 0) is 6.54 Å². The van der Waals surface area contributed by atoms with Crippen LogP contribution in [0.25, 0.3) is 0 Å². The van der Waals surface area contributed by atoms with Crippen molar-refractivity contribution in [2.24, 2.45) is 0 Å². The van der Waals surface area contributed by atoms with E-state index in [0.717, 1.165) is 5.69 Å². The zero-order valence-corrected chi connectivity index (χ0v) is 12.3. The predicted molar refractivity (Wildman–Crippen MR) is 79.3 cm³/mol. The first-order valence-corrected chi connectivity index (χ1v) is 6.69. The van der Waals surface area contributed by atoms with Gasteiger partial charge in [0.25, 0.3) is 5.69 Å². The van der Waals surface area contributed by atoms with Crippen molar-refractivity contribution in [3.05, 3.63) is 67.9 Å². The van der Waals surface area contributed by atoms with Gasteiger partial charge in [-0.25, -0.2) is 4.39 Å². The fourth-order valence-corrected chi connectivity index (χ4v) is 2.16. The van der Waals surface area contributed by atoms with E-state index >= 15 is 0 Å². The zero-order chi connectivity index (χ0) is 14.7. The molecule has 0 heterocycles. The standard InChI is InChI=1S/C14H12BrFN2O2/c1-9-6-12(4-5-13(9)16)17-8-10-2-3-11(15)7-14(10)18(19)20/h2-7,17H,8H2,1H3. The van der Waals surface area contributed by atoms with Crippen LogP contribution in [0, 0.1) is 22.9 Å². The fraction of sp³-hybridized carbons (Fsp3) is 0.143. The maximum atomic E-state index is 13.2. The highest BCUT2D eigenvalue weighted by Gasteiger charge is 2.13. The lowest BCUT2D eigenvalue weighted by Gasteiger charge is -2.08. The summed E-state index contributed by atoms with van der Waals surface area (Å²) in [6.45, 7) is 1.97. The Morgan fingerprint density at radius 3 is 2.70 bits per heavy atom. The molecule has 20 heavy (non-hydrogen) atoms. The van der Waals surface area contributed by atoms with Crippen LogP contribution < -0.4 is 5.32 Å². The van der Waals surface area contributed by atoms with Gasteiger partial charge in [0.2, 0.25) is 0 Å². The number of hydrogen-bond donors (Lipinski definition) is 1. The molecule has 0 atom stereocenters. The van der Waals surface area contributed by atoms with Gasteiger partial charge in [0.15, 0.2) is 0 Å². The van der Waals surface area contributed by atoms with E-state index < -0.39 is 4.92 Å². The summed E-state index contributed by atoms with van der Waals surface area (Å²) < 4.78 is 13.8. The summed E-state index contributed by atoms with van der Waals surface area (Å²) in [4.78, 5) is 10.6. The average molecular weight is 339 g/mol. The average Bonchev–Trinajstić information content (AvgIpc) is 2.41. The lowest BCUT2D eigenvalue weighted by atomic mass is 10.1. The summed E-state index contributed by atoms with van der Waals surface area (Å²) in [5.41, 5.74) is 1.87. The molecule has 104 valence electrons. The van der Waals surface area contributed by atoms with Gasteiger partial charge in [0.1, 0.15) is 5.82 Å². The molecule has 0 aromatic heterocycles. The molecule has 0 aliphatic heterocycles. The van der Waals surface area contributed by atoms with Gasteiger partial charge in [-0.1, -0.05) is 15.9 Å². The summed E-state index contributed by atoms with van der Waals surface area (Å²) in [5.74, 6) is -0.273. The van der Waals surface area contributed by atoms with Gasteiger partial charge in [-0.05, 0) is 42.8 Å². The molecule has 2 rings (SSSR count). The Morgan fingerprint density at radius 1 is 1.30 bits per heavy atom. The van der Waals surface area contributed by atoms with Crippen LogP contribution in [0.5, 0.6) is 0 Å². The molecule has 0 aliphatic rings. The van der Waals surface area contributed by atoms with Gasteiger partial charge in [-0.2, -0.15) is 0 Å². The number of benzene rings is 2. The van der Waals surface area contributed by atoms with Gasteiger partial charge in [0.05, 0.1) is 4.92 Å². The molecule has 2 aromatic rings. The van der Waals surface area contributed by atoms with Gasteiger partial charge in [0, 0.05) is 28.3 Å². The molecule has 6 heteroatoms. The van der Waals surface area contributed by atoms with Crippen molar-refractivity contribution in [3.8, 4) is 0 Å². The maximum Gasteiger partial charge on any atom is 0.275 e. The number of halogens is 2. The first-order chi connectivity index (χ1) is 9.47. The zero-order valence-electron chi connectivity index (χ0n) is 10.7. The maximum absolute atomic E-state index is 13.2. The van der Waals surface area contributed by atoms with E-state index in [2.05, 4.69) is 21.2 Å². The Kier molecular flexibility index (Phi) is 4.34. The lowest BCUT2D eigenvalue weighted by Crippen LogP contribution is -2.03. The molecule has 0 saturated heterocycles. The SMILES string of the molecule is Cc1cc(NCc2ccc(Br)cc2[N+](=O)[O-])ccc1F. The molecular formula is C14H12BrFN2O2. The first kappa shape index (κ1) is 14.5. The molecule has 0 amide bonds. The predicted octanol–water partition coefficient (Wildman–Crippen LogP) is 4.42. The third-order valence-electron chi connectivity index (χ3n) is 2.88. The largest absolute Gasteiger partial charge is 0.381 e. The third kappa shape index (κ3) is 3.33. The van der Waals surface area contributed by atoms with Gasteiger partial charge < -0.3 is 5.32 Å². The molecule has 0 unspecified atom stereocenters. The van der Waals surface area contributed by atoms with E-state index in [1.54, 1.807) is 31.2 Å². The number of nitrogens with one attached hydrogen (secondary N) is 1. The van der Waals surface area contributed by atoms with Crippen LogP contribution in [0.1, 0.15) is 11.1 Å². The van der Waals surface area contributed by atoms with Crippen molar-refractivity contribution in [1.29, 1.82) is 0 Å². The van der Waals surface area contributed by atoms with Crippen molar-refractivity contribution < 1.29 is 9.31 Å². The Morgan fingerprint density at radius 2 is 2.05 bits per heavy atom. The van der Waals surface area contributed by atoms with Crippen LogP contribution in [-0.4, -0.2) is 4.92 Å². The molecule has 2 aromatic carbocycles. The van der Waals surface area contributed by atoms with E-state index in [1.807, 2.05) is 0 Å². The molecular weight excluding hydrogens is 327 g/mol. The smallest absolute Gasteiger partial charge is 0.275 e.